The van der Waals surface area contributed by atoms with Gasteiger partial charge in [0.25, 0.3) is 0 Å². The maximum absolute atomic E-state index is 13.0. The first-order valence-electron chi connectivity index (χ1n) is 8.85. The summed E-state index contributed by atoms with van der Waals surface area (Å²) >= 11 is 0. The first kappa shape index (κ1) is 15.8. The summed E-state index contributed by atoms with van der Waals surface area (Å²) in [6.07, 6.45) is 10.2. The van der Waals surface area contributed by atoms with E-state index in [1.165, 1.54) is 5.56 Å². The van der Waals surface area contributed by atoms with Gasteiger partial charge >= 0.3 is 0 Å². The number of likely N-dealkylation sites (tertiary alicyclic amines) is 1. The average Bonchev–Trinajstić information content (AvgIpc) is 3.30. The second-order valence-electron chi connectivity index (χ2n) is 6.93. The highest BCUT2D eigenvalue weighted by molar-refractivity contribution is 5.83. The molecule has 2 fully saturated rings. The molecule has 2 aromatic rings. The van der Waals surface area contributed by atoms with Gasteiger partial charge in [-0.2, -0.15) is 5.21 Å². The Balaban J connectivity index is 1.43. The number of carbonyl (C=O) groups is 1. The number of aromatic amines is 1. The number of nitrogens with one attached hydrogen (secondary N) is 1. The van der Waals surface area contributed by atoms with Gasteiger partial charge in [0.15, 0.2) is 5.82 Å². The minimum Gasteiger partial charge on any atom is -0.339 e. The largest absolute Gasteiger partial charge is 0.339 e. The Kier molecular flexibility index (Phi) is 4.22. The number of carbonyl (C=O) groups excluding carboxylic acids is 1. The number of hydrogen-bond acceptors (Lipinski definition) is 4. The van der Waals surface area contributed by atoms with Crippen molar-refractivity contribution in [1.29, 1.82) is 0 Å². The standard InChI is InChI=1S/C19H21N5O/c1-2-13-6-8-14(9-7-13)16-12-17(16)19(25)24-10-4-3-5-15(24)11-18-20-22-23-21-18/h1,6-9,15-17H,3-5,10-12H2,(H,20,21,22,23). The molecule has 128 valence electrons. The molecule has 1 aromatic heterocycles. The van der Waals surface area contributed by atoms with Crippen LogP contribution in [-0.2, 0) is 11.2 Å². The topological polar surface area (TPSA) is 74.8 Å². The van der Waals surface area contributed by atoms with E-state index < -0.39 is 0 Å². The lowest BCUT2D eigenvalue weighted by Gasteiger charge is -2.35. The van der Waals surface area contributed by atoms with Crippen LogP contribution in [0.3, 0.4) is 0 Å². The van der Waals surface area contributed by atoms with Crippen molar-refractivity contribution in [3.63, 3.8) is 0 Å². The van der Waals surface area contributed by atoms with Crippen molar-refractivity contribution in [2.45, 2.75) is 44.1 Å². The summed E-state index contributed by atoms with van der Waals surface area (Å²) in [6, 6.07) is 8.20. The van der Waals surface area contributed by atoms with Crippen LogP contribution in [0.25, 0.3) is 0 Å². The van der Waals surface area contributed by atoms with Crippen LogP contribution >= 0.6 is 0 Å². The van der Waals surface area contributed by atoms with Crippen molar-refractivity contribution >= 4 is 5.91 Å². The molecular formula is C19H21N5O. The second-order valence-corrected chi connectivity index (χ2v) is 6.93. The summed E-state index contributed by atoms with van der Waals surface area (Å²) in [7, 11) is 0. The number of rotatable bonds is 4. The van der Waals surface area contributed by atoms with E-state index in [0.29, 0.717) is 18.2 Å². The number of amides is 1. The normalized spacial score (nSPS) is 25.4. The fourth-order valence-corrected chi connectivity index (χ4v) is 3.86. The number of piperidine rings is 1. The molecule has 25 heavy (non-hydrogen) atoms. The fraction of sp³-hybridized carbons (Fsp3) is 0.474. The zero-order valence-corrected chi connectivity index (χ0v) is 14.1. The molecule has 2 heterocycles. The van der Waals surface area contributed by atoms with E-state index in [2.05, 4.69) is 43.6 Å². The number of terminal acetylenes is 1. The smallest absolute Gasteiger partial charge is 0.226 e. The van der Waals surface area contributed by atoms with Gasteiger partial charge in [-0.15, -0.1) is 16.6 Å². The summed E-state index contributed by atoms with van der Waals surface area (Å²) < 4.78 is 0. The van der Waals surface area contributed by atoms with Gasteiger partial charge in [0.1, 0.15) is 0 Å². The highest BCUT2D eigenvalue weighted by Crippen LogP contribution is 2.49. The minimum atomic E-state index is 0.0996. The third kappa shape index (κ3) is 3.27. The summed E-state index contributed by atoms with van der Waals surface area (Å²) in [5.41, 5.74) is 2.09. The summed E-state index contributed by atoms with van der Waals surface area (Å²) in [5.74, 6) is 4.02. The van der Waals surface area contributed by atoms with Crippen molar-refractivity contribution < 1.29 is 4.79 Å². The molecule has 6 nitrogen and oxygen atoms in total. The highest BCUT2D eigenvalue weighted by atomic mass is 16.2. The molecule has 1 N–H and O–H groups in total. The molecule has 1 aromatic carbocycles. The molecule has 4 rings (SSSR count). The Morgan fingerprint density at radius 1 is 1.32 bits per heavy atom. The molecule has 0 spiro atoms. The molecule has 1 aliphatic carbocycles. The molecule has 2 aliphatic rings. The van der Waals surface area contributed by atoms with Gasteiger partial charge < -0.3 is 4.90 Å². The van der Waals surface area contributed by atoms with E-state index in [1.807, 2.05) is 12.1 Å². The van der Waals surface area contributed by atoms with Crippen LogP contribution in [0, 0.1) is 18.3 Å². The molecule has 1 saturated carbocycles. The Hall–Kier alpha value is -2.68. The Morgan fingerprint density at radius 2 is 2.16 bits per heavy atom. The van der Waals surface area contributed by atoms with Crippen molar-refractivity contribution in [3.8, 4) is 12.3 Å². The van der Waals surface area contributed by atoms with Crippen molar-refractivity contribution in [3.05, 3.63) is 41.2 Å². The molecule has 3 unspecified atom stereocenters. The van der Waals surface area contributed by atoms with E-state index in [9.17, 15) is 4.79 Å². The quantitative estimate of drug-likeness (QED) is 0.866. The third-order valence-corrected chi connectivity index (χ3v) is 5.33. The zero-order chi connectivity index (χ0) is 17.2. The van der Waals surface area contributed by atoms with Crippen LogP contribution in [0.5, 0.6) is 0 Å². The SMILES string of the molecule is C#Cc1ccc(C2CC2C(=O)N2CCCCC2Cc2nn[nH]n2)cc1. The number of aromatic nitrogens is 4. The van der Waals surface area contributed by atoms with Crippen LogP contribution in [0.1, 0.15) is 48.6 Å². The molecule has 6 heteroatoms. The molecule has 1 amide bonds. The van der Waals surface area contributed by atoms with E-state index in [0.717, 1.165) is 37.8 Å². The summed E-state index contributed by atoms with van der Waals surface area (Å²) in [4.78, 5) is 15.1. The van der Waals surface area contributed by atoms with Crippen LogP contribution < -0.4 is 0 Å². The zero-order valence-electron chi connectivity index (χ0n) is 14.1. The van der Waals surface area contributed by atoms with E-state index in [4.69, 9.17) is 6.42 Å². The van der Waals surface area contributed by atoms with Crippen molar-refractivity contribution in [2.75, 3.05) is 6.54 Å². The van der Waals surface area contributed by atoms with E-state index >= 15 is 0 Å². The molecule has 1 aliphatic heterocycles. The van der Waals surface area contributed by atoms with Crippen LogP contribution in [0.2, 0.25) is 0 Å². The van der Waals surface area contributed by atoms with Gasteiger partial charge in [0.05, 0.1) is 0 Å². The highest BCUT2D eigenvalue weighted by Gasteiger charge is 2.47. The van der Waals surface area contributed by atoms with E-state index in [-0.39, 0.29) is 17.9 Å². The second kappa shape index (κ2) is 6.67. The summed E-state index contributed by atoms with van der Waals surface area (Å²) in [6.45, 7) is 0.834. The van der Waals surface area contributed by atoms with Gasteiger partial charge in [-0.25, -0.2) is 0 Å². The number of benzene rings is 1. The van der Waals surface area contributed by atoms with Crippen LogP contribution in [0.4, 0.5) is 0 Å². The van der Waals surface area contributed by atoms with Crippen LogP contribution in [-0.4, -0.2) is 44.0 Å². The van der Waals surface area contributed by atoms with Crippen LogP contribution in [0.15, 0.2) is 24.3 Å². The number of nitrogens with zero attached hydrogens (tertiary/aromatic N) is 4. The Morgan fingerprint density at radius 3 is 2.88 bits per heavy atom. The average molecular weight is 335 g/mol. The maximum atomic E-state index is 13.0. The van der Waals surface area contributed by atoms with Gasteiger partial charge in [-0.1, -0.05) is 23.3 Å². The number of H-pyrrole nitrogens is 1. The van der Waals surface area contributed by atoms with E-state index in [1.54, 1.807) is 0 Å². The Bertz CT molecular complexity index is 777. The fourth-order valence-electron chi connectivity index (χ4n) is 3.86. The predicted octanol–water partition coefficient (Wildman–Crippen LogP) is 1.91. The molecular weight excluding hydrogens is 314 g/mol. The van der Waals surface area contributed by atoms with Gasteiger partial charge in [0, 0.05) is 30.5 Å². The molecule has 1 saturated heterocycles. The predicted molar refractivity (Wildman–Crippen MR) is 92.5 cm³/mol. The number of hydrogen-bond donors (Lipinski definition) is 1. The van der Waals surface area contributed by atoms with Gasteiger partial charge in [0.2, 0.25) is 5.91 Å². The monoisotopic (exact) mass is 335 g/mol. The van der Waals surface area contributed by atoms with Crippen molar-refractivity contribution in [1.82, 2.24) is 25.5 Å². The summed E-state index contributed by atoms with van der Waals surface area (Å²) in [5, 5.41) is 14.2. The minimum absolute atomic E-state index is 0.0996. The van der Waals surface area contributed by atoms with Gasteiger partial charge in [-0.05, 0) is 49.3 Å². The first-order valence-corrected chi connectivity index (χ1v) is 8.85. The molecule has 3 atom stereocenters. The lowest BCUT2D eigenvalue weighted by Crippen LogP contribution is -2.46. The first-order chi connectivity index (χ1) is 12.3. The Labute approximate surface area is 147 Å². The van der Waals surface area contributed by atoms with Gasteiger partial charge in [-0.3, -0.25) is 4.79 Å². The third-order valence-electron chi connectivity index (χ3n) is 5.33. The number of tetrazole rings is 1. The molecule has 0 bridgehead atoms. The lowest BCUT2D eigenvalue weighted by molar-refractivity contribution is -0.136. The maximum Gasteiger partial charge on any atom is 0.226 e. The lowest BCUT2D eigenvalue weighted by atomic mass is 9.98. The van der Waals surface area contributed by atoms with Crippen molar-refractivity contribution in [2.24, 2.45) is 5.92 Å². The molecule has 0 radical (unpaired) electrons.